The Morgan fingerprint density at radius 3 is 2.00 bits per heavy atom. The summed E-state index contributed by atoms with van der Waals surface area (Å²) in [5.41, 5.74) is 0. The molecule has 3 saturated heterocycles. The van der Waals surface area contributed by atoms with Gasteiger partial charge in [-0.3, -0.25) is 19.3 Å². The van der Waals surface area contributed by atoms with Gasteiger partial charge < -0.3 is 4.90 Å². The average molecular weight is 344 g/mol. The lowest BCUT2D eigenvalue weighted by Gasteiger charge is -2.39. The molecule has 6 fully saturated rings. The van der Waals surface area contributed by atoms with Crippen molar-refractivity contribution in [3.63, 3.8) is 0 Å². The van der Waals surface area contributed by atoms with E-state index in [1.54, 1.807) is 0 Å². The molecule has 5 nitrogen and oxygen atoms in total. The van der Waals surface area contributed by atoms with Gasteiger partial charge in [-0.1, -0.05) is 12.8 Å². The third kappa shape index (κ3) is 2.53. The van der Waals surface area contributed by atoms with Gasteiger partial charge in [0, 0.05) is 12.6 Å². The summed E-state index contributed by atoms with van der Waals surface area (Å²) in [5, 5.41) is 0. The maximum absolute atomic E-state index is 13.0. The van der Waals surface area contributed by atoms with Crippen molar-refractivity contribution in [2.75, 3.05) is 13.1 Å². The fourth-order valence-corrected chi connectivity index (χ4v) is 6.70. The van der Waals surface area contributed by atoms with Crippen LogP contribution in [0, 0.1) is 29.6 Å². The highest BCUT2D eigenvalue weighted by atomic mass is 16.2. The number of likely N-dealkylation sites (tertiary alicyclic amines) is 1. The molecule has 3 heterocycles. The van der Waals surface area contributed by atoms with Gasteiger partial charge in [-0.2, -0.15) is 0 Å². The summed E-state index contributed by atoms with van der Waals surface area (Å²) in [7, 11) is 0. The predicted octanol–water partition coefficient (Wildman–Crippen LogP) is 2.20. The molecule has 5 heteroatoms. The Kier molecular flexibility index (Phi) is 3.68. The van der Waals surface area contributed by atoms with Crippen LogP contribution in [0.5, 0.6) is 0 Å². The second-order valence-electron chi connectivity index (χ2n) is 9.24. The largest absolute Gasteiger partial charge is 0.338 e. The molecule has 0 N–H and O–H groups in total. The number of carbonyl (C=O) groups excluding carboxylic acids is 3. The first kappa shape index (κ1) is 15.8. The lowest BCUT2D eigenvalue weighted by molar-refractivity contribution is -0.147. The average Bonchev–Trinajstić information content (AvgIpc) is 2.71. The smallest absolute Gasteiger partial charge is 0.243 e. The van der Waals surface area contributed by atoms with Gasteiger partial charge in [-0.05, 0) is 62.7 Å². The number of nitrogens with zero attached hydrogens (tertiary/aromatic N) is 2. The third-order valence-corrected chi connectivity index (χ3v) is 7.65. The topological polar surface area (TPSA) is 57.7 Å². The van der Waals surface area contributed by atoms with E-state index in [0.29, 0.717) is 12.0 Å². The highest BCUT2D eigenvalue weighted by Gasteiger charge is 2.50. The van der Waals surface area contributed by atoms with E-state index in [9.17, 15) is 14.4 Å². The van der Waals surface area contributed by atoms with Gasteiger partial charge in [0.25, 0.3) is 0 Å². The SMILES string of the molecule is O=C1C2CCCCC2C(=O)N1CC(=O)N1CC2CC3CC(C2)CC1C3. The maximum Gasteiger partial charge on any atom is 0.243 e. The summed E-state index contributed by atoms with van der Waals surface area (Å²) in [6.07, 6.45) is 9.83. The van der Waals surface area contributed by atoms with E-state index >= 15 is 0 Å². The molecule has 3 amide bonds. The van der Waals surface area contributed by atoms with Gasteiger partial charge in [0.2, 0.25) is 17.7 Å². The van der Waals surface area contributed by atoms with Gasteiger partial charge >= 0.3 is 0 Å². The summed E-state index contributed by atoms with van der Waals surface area (Å²) in [5.74, 6) is 1.77. The number of amides is 3. The number of rotatable bonds is 2. The van der Waals surface area contributed by atoms with Crippen LogP contribution in [-0.2, 0) is 14.4 Å². The van der Waals surface area contributed by atoms with Crippen LogP contribution in [0.4, 0.5) is 0 Å². The number of hydrogen-bond acceptors (Lipinski definition) is 3. The normalized spacial score (nSPS) is 42.7. The van der Waals surface area contributed by atoms with E-state index in [-0.39, 0.29) is 36.1 Å². The second-order valence-corrected chi connectivity index (χ2v) is 9.24. The summed E-state index contributed by atoms with van der Waals surface area (Å²) in [6.45, 7) is 0.836. The third-order valence-electron chi connectivity index (χ3n) is 7.65. The quantitative estimate of drug-likeness (QED) is 0.722. The van der Waals surface area contributed by atoms with Gasteiger partial charge in [0.05, 0.1) is 11.8 Å². The molecule has 25 heavy (non-hydrogen) atoms. The minimum absolute atomic E-state index is 0.0107. The molecule has 3 aliphatic heterocycles. The minimum atomic E-state index is -0.148. The Morgan fingerprint density at radius 2 is 1.40 bits per heavy atom. The zero-order valence-electron chi connectivity index (χ0n) is 14.9. The molecule has 136 valence electrons. The fourth-order valence-electron chi connectivity index (χ4n) is 6.70. The molecule has 0 aromatic heterocycles. The van der Waals surface area contributed by atoms with Crippen LogP contribution in [0.1, 0.15) is 57.8 Å². The first-order valence-corrected chi connectivity index (χ1v) is 10.2. The maximum atomic E-state index is 13.0. The van der Waals surface area contributed by atoms with Crippen molar-refractivity contribution in [1.82, 2.24) is 9.80 Å². The van der Waals surface area contributed by atoms with Crippen molar-refractivity contribution in [3.8, 4) is 0 Å². The number of carbonyl (C=O) groups is 3. The lowest BCUT2D eigenvalue weighted by Crippen LogP contribution is -2.48. The van der Waals surface area contributed by atoms with E-state index in [0.717, 1.165) is 56.9 Å². The molecule has 0 radical (unpaired) electrons. The molecular weight excluding hydrogens is 316 g/mol. The first-order chi connectivity index (χ1) is 12.1. The van der Waals surface area contributed by atoms with E-state index in [1.807, 2.05) is 4.90 Å². The van der Waals surface area contributed by atoms with Crippen LogP contribution < -0.4 is 0 Å². The minimum Gasteiger partial charge on any atom is -0.338 e. The Labute approximate surface area is 149 Å². The number of fused-ring (bicyclic) bond motifs is 2. The monoisotopic (exact) mass is 344 g/mol. The summed E-state index contributed by atoms with van der Waals surface area (Å²) < 4.78 is 0. The molecule has 4 unspecified atom stereocenters. The molecule has 6 aliphatic rings. The van der Waals surface area contributed by atoms with E-state index < -0.39 is 0 Å². The highest BCUT2D eigenvalue weighted by molar-refractivity contribution is 6.07. The summed E-state index contributed by atoms with van der Waals surface area (Å²) in [6, 6.07) is 0.346. The predicted molar refractivity (Wildman–Crippen MR) is 91.2 cm³/mol. The Balaban J connectivity index is 1.32. The highest BCUT2D eigenvalue weighted by Crippen LogP contribution is 2.47. The van der Waals surface area contributed by atoms with E-state index in [1.165, 1.54) is 24.2 Å². The summed E-state index contributed by atoms with van der Waals surface area (Å²) in [4.78, 5) is 41.7. The lowest BCUT2D eigenvalue weighted by atomic mass is 9.68. The zero-order valence-corrected chi connectivity index (χ0v) is 14.9. The Bertz CT molecular complexity index is 580. The Morgan fingerprint density at radius 1 is 0.840 bits per heavy atom. The van der Waals surface area contributed by atoms with Crippen LogP contribution in [0.3, 0.4) is 0 Å². The summed E-state index contributed by atoms with van der Waals surface area (Å²) >= 11 is 0. The molecule has 4 bridgehead atoms. The standard InChI is InChI=1S/C20H28N2O3/c23-18(11-22-19(24)16-3-1-2-4-17(16)20(22)25)21-10-14-6-12-5-13(7-14)9-15(21)8-12/h12-17H,1-11H2. The van der Waals surface area contributed by atoms with Crippen molar-refractivity contribution in [3.05, 3.63) is 0 Å². The first-order valence-electron chi connectivity index (χ1n) is 10.2. The van der Waals surface area contributed by atoms with Crippen molar-refractivity contribution in [2.45, 2.75) is 63.8 Å². The molecule has 0 aromatic rings. The van der Waals surface area contributed by atoms with Crippen LogP contribution in [-0.4, -0.2) is 46.7 Å². The molecule has 6 rings (SSSR count). The van der Waals surface area contributed by atoms with Crippen molar-refractivity contribution >= 4 is 17.7 Å². The molecule has 0 spiro atoms. The molecular formula is C20H28N2O3. The molecule has 3 aliphatic carbocycles. The van der Waals surface area contributed by atoms with Gasteiger partial charge in [-0.25, -0.2) is 0 Å². The molecule has 0 aromatic carbocycles. The Hall–Kier alpha value is -1.39. The van der Waals surface area contributed by atoms with Gasteiger partial charge in [0.15, 0.2) is 0 Å². The number of hydrogen-bond donors (Lipinski definition) is 0. The van der Waals surface area contributed by atoms with Crippen molar-refractivity contribution < 1.29 is 14.4 Å². The zero-order chi connectivity index (χ0) is 17.1. The van der Waals surface area contributed by atoms with Gasteiger partial charge in [0.1, 0.15) is 6.54 Å². The van der Waals surface area contributed by atoms with Crippen LogP contribution >= 0.6 is 0 Å². The molecule has 3 saturated carbocycles. The van der Waals surface area contributed by atoms with Crippen LogP contribution in [0.2, 0.25) is 0 Å². The van der Waals surface area contributed by atoms with E-state index in [2.05, 4.69) is 0 Å². The van der Waals surface area contributed by atoms with Crippen molar-refractivity contribution in [2.24, 2.45) is 29.6 Å². The van der Waals surface area contributed by atoms with Crippen molar-refractivity contribution in [1.29, 1.82) is 0 Å². The second kappa shape index (κ2) is 5.82. The van der Waals surface area contributed by atoms with Crippen LogP contribution in [0.25, 0.3) is 0 Å². The van der Waals surface area contributed by atoms with Gasteiger partial charge in [-0.15, -0.1) is 0 Å². The van der Waals surface area contributed by atoms with Crippen LogP contribution in [0.15, 0.2) is 0 Å². The number of imide groups is 1. The fraction of sp³-hybridized carbons (Fsp3) is 0.850. The van der Waals surface area contributed by atoms with E-state index in [4.69, 9.17) is 0 Å². The molecule has 4 atom stereocenters.